The summed E-state index contributed by atoms with van der Waals surface area (Å²) in [4.78, 5) is 29.0. The van der Waals surface area contributed by atoms with Gasteiger partial charge in [0, 0.05) is 18.6 Å². The Morgan fingerprint density at radius 2 is 1.48 bits per heavy atom. The SMILES string of the molecule is O=CCCc1cccc([N+](=O)[O-])c1F.O=[N+]([O-])c1cccc(Br)c1F. The van der Waals surface area contributed by atoms with E-state index in [-0.39, 0.29) is 22.9 Å². The molecular formula is C15H11BrF2N2O5. The number of benzene rings is 2. The van der Waals surface area contributed by atoms with Gasteiger partial charge in [0.1, 0.15) is 6.29 Å². The molecule has 0 atom stereocenters. The predicted molar refractivity (Wildman–Crippen MR) is 88.2 cm³/mol. The van der Waals surface area contributed by atoms with Gasteiger partial charge in [-0.25, -0.2) is 0 Å². The van der Waals surface area contributed by atoms with E-state index >= 15 is 0 Å². The average molecular weight is 417 g/mol. The Hall–Kier alpha value is -2.75. The summed E-state index contributed by atoms with van der Waals surface area (Å²) >= 11 is 2.83. The zero-order valence-electron chi connectivity index (χ0n) is 12.5. The molecule has 25 heavy (non-hydrogen) atoms. The highest BCUT2D eigenvalue weighted by Crippen LogP contribution is 2.23. The maximum atomic E-state index is 13.3. The first kappa shape index (κ1) is 20.3. The fourth-order valence-electron chi connectivity index (χ4n) is 1.75. The molecule has 0 aliphatic rings. The number of hydrogen-bond acceptors (Lipinski definition) is 5. The molecule has 0 spiro atoms. The molecule has 0 saturated heterocycles. The second-order valence-corrected chi connectivity index (χ2v) is 5.40. The van der Waals surface area contributed by atoms with Crippen molar-refractivity contribution in [2.45, 2.75) is 12.8 Å². The zero-order chi connectivity index (χ0) is 19.0. The van der Waals surface area contributed by atoms with Crippen LogP contribution in [0.5, 0.6) is 0 Å². The van der Waals surface area contributed by atoms with Crippen LogP contribution in [0.2, 0.25) is 0 Å². The van der Waals surface area contributed by atoms with Crippen LogP contribution >= 0.6 is 15.9 Å². The van der Waals surface area contributed by atoms with E-state index in [2.05, 4.69) is 15.9 Å². The third-order valence-electron chi connectivity index (χ3n) is 2.91. The Morgan fingerprint density at radius 1 is 0.960 bits per heavy atom. The minimum atomic E-state index is -0.848. The molecule has 0 radical (unpaired) electrons. The van der Waals surface area contributed by atoms with Crippen LogP contribution in [0.15, 0.2) is 40.9 Å². The van der Waals surface area contributed by atoms with Gasteiger partial charge in [-0.2, -0.15) is 8.78 Å². The molecule has 0 amide bonds. The summed E-state index contributed by atoms with van der Waals surface area (Å²) in [6, 6.07) is 7.86. The van der Waals surface area contributed by atoms with E-state index in [1.165, 1.54) is 24.3 Å². The molecule has 0 bridgehead atoms. The zero-order valence-corrected chi connectivity index (χ0v) is 14.1. The van der Waals surface area contributed by atoms with Crippen molar-refractivity contribution in [3.63, 3.8) is 0 Å². The highest BCUT2D eigenvalue weighted by molar-refractivity contribution is 9.10. The molecule has 7 nitrogen and oxygen atoms in total. The molecule has 0 fully saturated rings. The average Bonchev–Trinajstić information content (AvgIpc) is 2.56. The van der Waals surface area contributed by atoms with Gasteiger partial charge in [-0.3, -0.25) is 20.2 Å². The molecule has 0 heterocycles. The normalized spacial score (nSPS) is 9.72. The van der Waals surface area contributed by atoms with E-state index < -0.39 is 32.9 Å². The molecule has 2 aromatic rings. The van der Waals surface area contributed by atoms with Crippen LogP contribution in [0.1, 0.15) is 12.0 Å². The first-order valence-corrected chi connectivity index (χ1v) is 7.52. The Morgan fingerprint density at radius 3 is 1.96 bits per heavy atom. The Labute approximate surface area is 148 Å². The van der Waals surface area contributed by atoms with Crippen molar-refractivity contribution in [3.8, 4) is 0 Å². The van der Waals surface area contributed by atoms with E-state index in [0.29, 0.717) is 6.29 Å². The fraction of sp³-hybridized carbons (Fsp3) is 0.133. The number of nitrogens with zero attached hydrogens (tertiary/aromatic N) is 2. The van der Waals surface area contributed by atoms with Crippen LogP contribution in [0.4, 0.5) is 20.2 Å². The highest BCUT2D eigenvalue weighted by atomic mass is 79.9. The van der Waals surface area contributed by atoms with Crippen molar-refractivity contribution in [1.29, 1.82) is 0 Å². The summed E-state index contributed by atoms with van der Waals surface area (Å²) in [5, 5.41) is 20.5. The van der Waals surface area contributed by atoms with E-state index in [0.717, 1.165) is 12.1 Å². The first-order valence-electron chi connectivity index (χ1n) is 6.73. The number of carbonyl (C=O) groups is 1. The lowest BCUT2D eigenvalue weighted by Gasteiger charge is -2.00. The van der Waals surface area contributed by atoms with Crippen molar-refractivity contribution >= 4 is 33.6 Å². The summed E-state index contributed by atoms with van der Waals surface area (Å²) < 4.78 is 26.2. The van der Waals surface area contributed by atoms with Gasteiger partial charge in [0.2, 0.25) is 11.6 Å². The molecule has 2 aromatic carbocycles. The Balaban J connectivity index is 0.000000257. The smallest absolute Gasteiger partial charge is 0.303 e. The molecule has 0 aliphatic heterocycles. The fourth-order valence-corrected chi connectivity index (χ4v) is 2.10. The van der Waals surface area contributed by atoms with E-state index in [1.807, 2.05) is 0 Å². The predicted octanol–water partition coefficient (Wildman–Crippen LogP) is 4.36. The van der Waals surface area contributed by atoms with Crippen LogP contribution in [0.25, 0.3) is 0 Å². The van der Waals surface area contributed by atoms with Crippen molar-refractivity contribution in [2.24, 2.45) is 0 Å². The number of nitro benzene ring substituents is 2. The molecule has 0 unspecified atom stereocenters. The van der Waals surface area contributed by atoms with Crippen molar-refractivity contribution in [1.82, 2.24) is 0 Å². The third-order valence-corrected chi connectivity index (χ3v) is 3.53. The molecule has 0 aromatic heterocycles. The number of aryl methyl sites for hydroxylation is 1. The second kappa shape index (κ2) is 9.52. The van der Waals surface area contributed by atoms with E-state index in [4.69, 9.17) is 0 Å². The topological polar surface area (TPSA) is 103 Å². The number of nitro groups is 2. The van der Waals surface area contributed by atoms with Crippen LogP contribution in [-0.2, 0) is 11.2 Å². The maximum absolute atomic E-state index is 13.3. The largest absolute Gasteiger partial charge is 0.305 e. The van der Waals surface area contributed by atoms with Crippen LogP contribution in [0.3, 0.4) is 0 Å². The van der Waals surface area contributed by atoms with Crippen molar-refractivity contribution in [3.05, 3.63) is 78.3 Å². The molecule has 132 valence electrons. The van der Waals surface area contributed by atoms with Crippen LogP contribution in [-0.4, -0.2) is 16.1 Å². The lowest BCUT2D eigenvalue weighted by Crippen LogP contribution is -1.97. The summed E-state index contributed by atoms with van der Waals surface area (Å²) in [7, 11) is 0. The standard InChI is InChI=1S/C9H8FNO3.C6H3BrFNO2/c10-9-7(4-2-6-12)3-1-5-8(9)11(13)14;7-4-2-1-3-5(6(4)8)9(10)11/h1,3,5-6H,2,4H2;1-3H. The first-order chi connectivity index (χ1) is 11.8. The number of halogens is 3. The maximum Gasteiger partial charge on any atom is 0.305 e. The van der Waals surface area contributed by atoms with E-state index in [9.17, 15) is 33.8 Å². The van der Waals surface area contributed by atoms with Gasteiger partial charge in [0.05, 0.1) is 14.3 Å². The monoisotopic (exact) mass is 416 g/mol. The van der Waals surface area contributed by atoms with Gasteiger partial charge in [-0.1, -0.05) is 18.2 Å². The number of carbonyl (C=O) groups excluding carboxylic acids is 1. The molecular weight excluding hydrogens is 406 g/mol. The molecule has 0 saturated carbocycles. The minimum Gasteiger partial charge on any atom is -0.303 e. The quantitative estimate of drug-likeness (QED) is 0.409. The number of aldehydes is 1. The molecule has 2 rings (SSSR count). The van der Waals surface area contributed by atoms with Crippen molar-refractivity contribution in [2.75, 3.05) is 0 Å². The summed E-state index contributed by atoms with van der Waals surface area (Å²) in [6.07, 6.45) is 1.01. The molecule has 0 N–H and O–H groups in total. The third kappa shape index (κ3) is 5.68. The van der Waals surface area contributed by atoms with Gasteiger partial charge >= 0.3 is 11.4 Å². The Kier molecular flexibility index (Phi) is 7.73. The van der Waals surface area contributed by atoms with E-state index in [1.54, 1.807) is 0 Å². The number of rotatable bonds is 5. The molecule has 0 aliphatic carbocycles. The second-order valence-electron chi connectivity index (χ2n) is 4.54. The van der Waals surface area contributed by atoms with Gasteiger partial charge < -0.3 is 4.79 Å². The molecule has 10 heteroatoms. The van der Waals surface area contributed by atoms with Crippen molar-refractivity contribution < 1.29 is 23.4 Å². The lowest BCUT2D eigenvalue weighted by molar-refractivity contribution is -0.387. The Bertz CT molecular complexity index is 801. The highest BCUT2D eigenvalue weighted by Gasteiger charge is 2.16. The van der Waals surface area contributed by atoms with Gasteiger partial charge in [0.15, 0.2) is 0 Å². The van der Waals surface area contributed by atoms with Crippen LogP contribution < -0.4 is 0 Å². The van der Waals surface area contributed by atoms with Gasteiger partial charge in [-0.05, 0) is 34.0 Å². The summed E-state index contributed by atoms with van der Waals surface area (Å²) in [5.41, 5.74) is -0.862. The summed E-state index contributed by atoms with van der Waals surface area (Å²) in [6.45, 7) is 0. The van der Waals surface area contributed by atoms with Gasteiger partial charge in [0.25, 0.3) is 0 Å². The van der Waals surface area contributed by atoms with Gasteiger partial charge in [-0.15, -0.1) is 0 Å². The minimum absolute atomic E-state index is 0.103. The summed E-state index contributed by atoms with van der Waals surface area (Å²) in [5.74, 6) is -1.68. The van der Waals surface area contributed by atoms with Crippen LogP contribution in [0, 0.1) is 31.9 Å². The lowest BCUT2D eigenvalue weighted by atomic mass is 10.1. The number of hydrogen-bond donors (Lipinski definition) is 0.